The third kappa shape index (κ3) is 2.54. The molecule has 0 aliphatic heterocycles. The average molecular weight is 387 g/mol. The molecule has 2 heteroatoms. The van der Waals surface area contributed by atoms with E-state index in [1.165, 1.54) is 50.5 Å². The van der Waals surface area contributed by atoms with Crippen LogP contribution in [0.25, 0.3) is 0 Å². The van der Waals surface area contributed by atoms with E-state index in [-0.39, 0.29) is 17.3 Å². The quantitative estimate of drug-likeness (QED) is 0.366. The number of ether oxygens (including phenoxy) is 1. The lowest BCUT2D eigenvalue weighted by molar-refractivity contribution is -0.203. The summed E-state index contributed by atoms with van der Waals surface area (Å²) in [6.07, 6.45) is 12.9. The Morgan fingerprint density at radius 1 is 0.893 bits per heavy atom. The van der Waals surface area contributed by atoms with Gasteiger partial charge in [0.2, 0.25) is 0 Å². The molecule has 7 atom stereocenters. The molecule has 0 aromatic heterocycles. The van der Waals surface area contributed by atoms with Crippen molar-refractivity contribution in [2.45, 2.75) is 92.9 Å². The number of carbonyl (C=O) groups excluding carboxylic acids is 1. The van der Waals surface area contributed by atoms with Crippen molar-refractivity contribution in [2.75, 3.05) is 7.11 Å². The van der Waals surface area contributed by atoms with Gasteiger partial charge in [0.25, 0.3) is 0 Å². The predicted octanol–water partition coefficient (Wildman–Crippen LogP) is 6.79. The van der Waals surface area contributed by atoms with E-state index in [0.29, 0.717) is 22.2 Å². The molecular weight excluding hydrogens is 344 g/mol. The number of hydrogen-bond acceptors (Lipinski definition) is 2. The molecule has 0 aromatic rings. The molecule has 0 aromatic carbocycles. The first-order chi connectivity index (χ1) is 13.0. The van der Waals surface area contributed by atoms with E-state index in [2.05, 4.69) is 47.6 Å². The zero-order chi connectivity index (χ0) is 20.5. The van der Waals surface area contributed by atoms with Crippen molar-refractivity contribution in [2.24, 2.45) is 45.3 Å². The number of carbonyl (C=O) groups is 1. The molecule has 0 bridgehead atoms. The van der Waals surface area contributed by atoms with E-state index < -0.39 is 0 Å². The summed E-state index contributed by atoms with van der Waals surface area (Å²) in [6.45, 7) is 14.9. The van der Waals surface area contributed by atoms with Crippen LogP contribution in [0, 0.1) is 45.3 Å². The molecule has 0 saturated heterocycles. The summed E-state index contributed by atoms with van der Waals surface area (Å²) >= 11 is 0. The molecule has 4 aliphatic carbocycles. The molecule has 2 nitrogen and oxygen atoms in total. The van der Waals surface area contributed by atoms with Crippen molar-refractivity contribution in [3.05, 3.63) is 11.6 Å². The number of hydrogen-bond donors (Lipinski definition) is 0. The predicted molar refractivity (Wildman–Crippen MR) is 115 cm³/mol. The van der Waals surface area contributed by atoms with Crippen molar-refractivity contribution in [3.8, 4) is 0 Å². The van der Waals surface area contributed by atoms with Gasteiger partial charge in [0.15, 0.2) is 0 Å². The molecule has 0 radical (unpaired) electrons. The second-order valence-electron chi connectivity index (χ2n) is 12.2. The molecule has 4 rings (SSSR count). The van der Waals surface area contributed by atoms with Crippen molar-refractivity contribution >= 4 is 5.97 Å². The fraction of sp³-hybridized carbons (Fsp3) is 0.885. The van der Waals surface area contributed by atoms with Crippen LogP contribution in [0.2, 0.25) is 0 Å². The van der Waals surface area contributed by atoms with E-state index in [1.54, 1.807) is 7.11 Å². The van der Waals surface area contributed by atoms with E-state index in [4.69, 9.17) is 4.74 Å². The zero-order valence-electron chi connectivity index (χ0n) is 19.4. The van der Waals surface area contributed by atoms with E-state index in [1.807, 2.05) is 0 Å². The van der Waals surface area contributed by atoms with Crippen molar-refractivity contribution in [1.82, 2.24) is 0 Å². The Kier molecular flexibility index (Phi) is 4.65. The molecule has 0 heterocycles. The van der Waals surface area contributed by atoms with Crippen LogP contribution in [0.5, 0.6) is 0 Å². The summed E-state index contributed by atoms with van der Waals surface area (Å²) < 4.78 is 5.30. The van der Waals surface area contributed by atoms with Gasteiger partial charge in [-0.25, -0.2) is 0 Å². The molecule has 0 N–H and O–H groups in total. The Morgan fingerprint density at radius 3 is 2.18 bits per heavy atom. The maximum Gasteiger partial charge on any atom is 0.313 e. The molecule has 0 amide bonds. The van der Waals surface area contributed by atoms with E-state index >= 15 is 0 Å². The third-order valence-electron chi connectivity index (χ3n) is 10.6. The minimum Gasteiger partial charge on any atom is -0.469 e. The van der Waals surface area contributed by atoms with Crippen LogP contribution in [0.15, 0.2) is 11.6 Å². The first kappa shape index (κ1) is 20.5. The topological polar surface area (TPSA) is 26.3 Å². The summed E-state index contributed by atoms with van der Waals surface area (Å²) in [5.74, 6) is 2.17. The van der Waals surface area contributed by atoms with Gasteiger partial charge < -0.3 is 4.74 Å². The highest BCUT2D eigenvalue weighted by atomic mass is 16.5. The average Bonchev–Trinajstić information content (AvgIpc) is 2.59. The Bertz CT molecular complexity index is 691. The van der Waals surface area contributed by atoms with Gasteiger partial charge >= 0.3 is 5.97 Å². The van der Waals surface area contributed by atoms with Gasteiger partial charge in [-0.15, -0.1) is 0 Å². The number of allylic oxidation sites excluding steroid dienone is 1. The monoisotopic (exact) mass is 386 g/mol. The fourth-order valence-corrected chi connectivity index (χ4v) is 9.54. The fourth-order valence-electron chi connectivity index (χ4n) is 9.54. The van der Waals surface area contributed by atoms with Crippen LogP contribution in [0.1, 0.15) is 92.9 Å². The Labute approximate surface area is 172 Å². The van der Waals surface area contributed by atoms with Gasteiger partial charge in [-0.1, -0.05) is 52.7 Å². The highest BCUT2D eigenvalue weighted by Gasteiger charge is 2.66. The first-order valence-electron chi connectivity index (χ1n) is 11.8. The lowest BCUT2D eigenvalue weighted by Crippen LogP contribution is -2.63. The molecule has 0 unspecified atom stereocenters. The highest BCUT2D eigenvalue weighted by Crippen LogP contribution is 2.73. The number of esters is 1. The maximum absolute atomic E-state index is 12.8. The highest BCUT2D eigenvalue weighted by molar-refractivity contribution is 5.77. The van der Waals surface area contributed by atoms with Gasteiger partial charge in [0, 0.05) is 0 Å². The molecule has 28 heavy (non-hydrogen) atoms. The minimum absolute atomic E-state index is 0.0123. The van der Waals surface area contributed by atoms with Gasteiger partial charge in [-0.3, -0.25) is 4.79 Å². The summed E-state index contributed by atoms with van der Waals surface area (Å²) in [5, 5.41) is 0. The van der Waals surface area contributed by atoms with Crippen molar-refractivity contribution in [1.29, 1.82) is 0 Å². The second-order valence-corrected chi connectivity index (χ2v) is 12.2. The third-order valence-corrected chi connectivity index (χ3v) is 10.6. The SMILES string of the molecule is COC(=O)[C@H]1C(C)=CC[C@H]2[C@]3(C)CC[C@H]4C(C)(C)CCC[C@]4(C)[C@H]3CC[C@]12C. The van der Waals surface area contributed by atoms with Crippen LogP contribution in [-0.4, -0.2) is 13.1 Å². The lowest BCUT2D eigenvalue weighted by atomic mass is 9.35. The summed E-state index contributed by atoms with van der Waals surface area (Å²) in [7, 11) is 1.56. The van der Waals surface area contributed by atoms with Crippen LogP contribution in [-0.2, 0) is 9.53 Å². The van der Waals surface area contributed by atoms with Crippen LogP contribution >= 0.6 is 0 Å². The van der Waals surface area contributed by atoms with Crippen LogP contribution in [0.3, 0.4) is 0 Å². The molecule has 3 saturated carbocycles. The summed E-state index contributed by atoms with van der Waals surface area (Å²) in [4.78, 5) is 12.8. The van der Waals surface area contributed by atoms with Gasteiger partial charge in [0.1, 0.15) is 0 Å². The Hall–Kier alpha value is -0.790. The van der Waals surface area contributed by atoms with Crippen molar-refractivity contribution in [3.63, 3.8) is 0 Å². The lowest BCUT2D eigenvalue weighted by Gasteiger charge is -2.69. The molecule has 158 valence electrons. The number of methoxy groups -OCH3 is 1. The van der Waals surface area contributed by atoms with Crippen LogP contribution in [0.4, 0.5) is 0 Å². The smallest absolute Gasteiger partial charge is 0.313 e. The standard InChI is InChI=1S/C26H42O2/c1-17-9-10-19-25(5)15-11-18-23(2,3)13-8-14-24(18,4)20(25)12-16-26(19,6)21(17)22(27)28-7/h9,18-21H,8,10-16H2,1-7H3/t18-,19-,20+,21+,24-,25-,26-/m0/s1. The second kappa shape index (κ2) is 6.35. The molecular formula is C26H42O2. The van der Waals surface area contributed by atoms with Crippen LogP contribution < -0.4 is 0 Å². The van der Waals surface area contributed by atoms with Gasteiger partial charge in [-0.2, -0.15) is 0 Å². The number of fused-ring (bicyclic) bond motifs is 5. The number of rotatable bonds is 1. The Morgan fingerprint density at radius 2 is 1.50 bits per heavy atom. The maximum atomic E-state index is 12.8. The minimum atomic E-state index is -0.0534. The first-order valence-corrected chi connectivity index (χ1v) is 11.8. The van der Waals surface area contributed by atoms with E-state index in [9.17, 15) is 4.79 Å². The summed E-state index contributed by atoms with van der Waals surface area (Å²) in [5.41, 5.74) is 2.57. The van der Waals surface area contributed by atoms with Gasteiger partial charge in [-0.05, 0) is 91.3 Å². The van der Waals surface area contributed by atoms with E-state index in [0.717, 1.165) is 18.3 Å². The normalized spacial score (nSPS) is 49.9. The Balaban J connectivity index is 1.75. The molecule has 0 spiro atoms. The molecule has 4 aliphatic rings. The largest absolute Gasteiger partial charge is 0.469 e. The summed E-state index contributed by atoms with van der Waals surface area (Å²) in [6, 6.07) is 0. The van der Waals surface area contributed by atoms with Gasteiger partial charge in [0.05, 0.1) is 13.0 Å². The zero-order valence-corrected chi connectivity index (χ0v) is 19.4. The molecule has 3 fully saturated rings. The van der Waals surface area contributed by atoms with Crippen molar-refractivity contribution < 1.29 is 9.53 Å².